The second-order valence-corrected chi connectivity index (χ2v) is 3.93. The van der Waals surface area contributed by atoms with Crippen LogP contribution in [0.25, 0.3) is 0 Å². The molecule has 0 rings (SSSR count). The van der Waals surface area contributed by atoms with Crippen LogP contribution in [0.3, 0.4) is 0 Å². The standard InChI is InChI=1S/C12H22N2O/c1-4-5-6-7-8-11(9-13)12(15)14-10(2)3/h8-10,13H,4-7H2,1-3H3,(H,14,15)/b11-8+,13-9?. The summed E-state index contributed by atoms with van der Waals surface area (Å²) < 4.78 is 0. The van der Waals surface area contributed by atoms with Crippen LogP contribution in [-0.4, -0.2) is 18.2 Å². The van der Waals surface area contributed by atoms with Gasteiger partial charge < -0.3 is 10.7 Å². The molecule has 0 bridgehead atoms. The van der Waals surface area contributed by atoms with Gasteiger partial charge in [0.15, 0.2) is 0 Å². The third kappa shape index (κ3) is 6.89. The lowest BCUT2D eigenvalue weighted by atomic mass is 10.1. The average Bonchev–Trinajstić information content (AvgIpc) is 2.16. The zero-order valence-corrected chi connectivity index (χ0v) is 9.97. The van der Waals surface area contributed by atoms with Crippen LogP contribution in [0.2, 0.25) is 0 Å². The summed E-state index contributed by atoms with van der Waals surface area (Å²) in [7, 11) is 0. The summed E-state index contributed by atoms with van der Waals surface area (Å²) in [6.45, 7) is 5.97. The molecule has 0 aromatic carbocycles. The Morgan fingerprint density at radius 1 is 1.40 bits per heavy atom. The van der Waals surface area contributed by atoms with Gasteiger partial charge in [0, 0.05) is 12.3 Å². The van der Waals surface area contributed by atoms with Gasteiger partial charge in [-0.2, -0.15) is 0 Å². The van der Waals surface area contributed by atoms with Gasteiger partial charge in [-0.3, -0.25) is 4.79 Å². The Kier molecular flexibility index (Phi) is 7.60. The first kappa shape index (κ1) is 13.9. The Balaban J connectivity index is 4.09. The summed E-state index contributed by atoms with van der Waals surface area (Å²) >= 11 is 0. The van der Waals surface area contributed by atoms with Crippen molar-refractivity contribution in [1.82, 2.24) is 5.32 Å². The summed E-state index contributed by atoms with van der Waals surface area (Å²) in [4.78, 5) is 11.5. The molecule has 0 unspecified atom stereocenters. The molecule has 0 aliphatic rings. The molecular formula is C12H22N2O. The van der Waals surface area contributed by atoms with Gasteiger partial charge in [0.2, 0.25) is 0 Å². The SMILES string of the molecule is CCCCC/C=C(\C=N)C(=O)NC(C)C. The molecule has 0 aliphatic carbocycles. The van der Waals surface area contributed by atoms with Crippen molar-refractivity contribution in [3.05, 3.63) is 11.6 Å². The highest BCUT2D eigenvalue weighted by Crippen LogP contribution is 2.03. The number of nitrogens with one attached hydrogen (secondary N) is 2. The molecule has 86 valence electrons. The van der Waals surface area contributed by atoms with Crippen LogP contribution in [-0.2, 0) is 4.79 Å². The minimum absolute atomic E-state index is 0.122. The zero-order valence-electron chi connectivity index (χ0n) is 9.97. The van der Waals surface area contributed by atoms with E-state index >= 15 is 0 Å². The van der Waals surface area contributed by atoms with E-state index in [1.54, 1.807) is 0 Å². The molecule has 0 saturated heterocycles. The fourth-order valence-electron chi connectivity index (χ4n) is 1.21. The Labute approximate surface area is 92.5 Å². The second kappa shape index (κ2) is 8.21. The number of hydrogen-bond donors (Lipinski definition) is 2. The number of rotatable bonds is 7. The molecule has 0 saturated carbocycles. The maximum atomic E-state index is 11.5. The van der Waals surface area contributed by atoms with Gasteiger partial charge in [-0.1, -0.05) is 25.8 Å². The highest BCUT2D eigenvalue weighted by atomic mass is 16.1. The van der Waals surface area contributed by atoms with Gasteiger partial charge >= 0.3 is 0 Å². The van der Waals surface area contributed by atoms with Crippen LogP contribution in [0.5, 0.6) is 0 Å². The van der Waals surface area contributed by atoms with E-state index in [1.165, 1.54) is 12.8 Å². The Morgan fingerprint density at radius 2 is 2.07 bits per heavy atom. The summed E-state index contributed by atoms with van der Waals surface area (Å²) in [6, 6.07) is 0.122. The van der Waals surface area contributed by atoms with E-state index in [0.717, 1.165) is 19.1 Å². The number of amides is 1. The molecule has 0 aromatic rings. The Morgan fingerprint density at radius 3 is 2.53 bits per heavy atom. The fraction of sp³-hybridized carbons (Fsp3) is 0.667. The van der Waals surface area contributed by atoms with E-state index < -0.39 is 0 Å². The van der Waals surface area contributed by atoms with Gasteiger partial charge in [-0.15, -0.1) is 0 Å². The second-order valence-electron chi connectivity index (χ2n) is 3.93. The summed E-state index contributed by atoms with van der Waals surface area (Å²) in [5, 5.41) is 9.94. The van der Waals surface area contributed by atoms with Gasteiger partial charge in [0.25, 0.3) is 5.91 Å². The Bertz CT molecular complexity index is 232. The Hall–Kier alpha value is -1.12. The number of carbonyl (C=O) groups excluding carboxylic acids is 1. The highest BCUT2D eigenvalue weighted by molar-refractivity contribution is 6.11. The highest BCUT2D eigenvalue weighted by Gasteiger charge is 2.06. The van der Waals surface area contributed by atoms with Gasteiger partial charge in [0.05, 0.1) is 5.57 Å². The molecule has 0 radical (unpaired) electrons. The number of unbranched alkanes of at least 4 members (excludes halogenated alkanes) is 3. The van der Waals surface area contributed by atoms with E-state index in [1.807, 2.05) is 19.9 Å². The molecule has 0 spiro atoms. The first-order chi connectivity index (χ1) is 7.11. The van der Waals surface area contributed by atoms with Crippen molar-refractivity contribution in [2.24, 2.45) is 0 Å². The van der Waals surface area contributed by atoms with Gasteiger partial charge in [-0.05, 0) is 26.7 Å². The van der Waals surface area contributed by atoms with E-state index in [-0.39, 0.29) is 11.9 Å². The molecular weight excluding hydrogens is 188 g/mol. The van der Waals surface area contributed by atoms with Crippen LogP contribution in [0, 0.1) is 5.41 Å². The van der Waals surface area contributed by atoms with Crippen molar-refractivity contribution < 1.29 is 4.79 Å². The fourth-order valence-corrected chi connectivity index (χ4v) is 1.21. The monoisotopic (exact) mass is 210 g/mol. The van der Waals surface area contributed by atoms with E-state index in [0.29, 0.717) is 5.57 Å². The minimum Gasteiger partial charge on any atom is -0.350 e. The molecule has 0 aliphatic heterocycles. The molecule has 3 heteroatoms. The number of carbonyl (C=O) groups is 1. The lowest BCUT2D eigenvalue weighted by Gasteiger charge is -2.08. The normalized spacial score (nSPS) is 11.6. The molecule has 0 atom stereocenters. The first-order valence-electron chi connectivity index (χ1n) is 5.63. The summed E-state index contributed by atoms with van der Waals surface area (Å²) in [5.74, 6) is -0.142. The lowest BCUT2D eigenvalue weighted by molar-refractivity contribution is -0.117. The van der Waals surface area contributed by atoms with Crippen LogP contribution >= 0.6 is 0 Å². The summed E-state index contributed by atoms with van der Waals surface area (Å²) in [6.07, 6.45) is 7.29. The van der Waals surface area contributed by atoms with Crippen molar-refractivity contribution in [2.75, 3.05) is 0 Å². The molecule has 0 heterocycles. The van der Waals surface area contributed by atoms with E-state index in [2.05, 4.69) is 12.2 Å². The maximum absolute atomic E-state index is 11.5. The first-order valence-corrected chi connectivity index (χ1v) is 5.63. The zero-order chi connectivity index (χ0) is 11.7. The van der Waals surface area contributed by atoms with Crippen molar-refractivity contribution >= 4 is 12.1 Å². The van der Waals surface area contributed by atoms with Gasteiger partial charge in [-0.25, -0.2) is 0 Å². The average molecular weight is 210 g/mol. The molecule has 3 nitrogen and oxygen atoms in total. The predicted octanol–water partition coefficient (Wildman–Crippen LogP) is 2.67. The largest absolute Gasteiger partial charge is 0.350 e. The third-order valence-corrected chi connectivity index (χ3v) is 2.01. The molecule has 15 heavy (non-hydrogen) atoms. The van der Waals surface area contributed by atoms with Crippen molar-refractivity contribution in [1.29, 1.82) is 5.41 Å². The number of allylic oxidation sites excluding steroid dienone is 1. The molecule has 1 amide bonds. The minimum atomic E-state index is -0.142. The van der Waals surface area contributed by atoms with E-state index in [4.69, 9.17) is 5.41 Å². The summed E-state index contributed by atoms with van der Waals surface area (Å²) in [5.41, 5.74) is 0.472. The topological polar surface area (TPSA) is 53.0 Å². The molecule has 0 fully saturated rings. The lowest BCUT2D eigenvalue weighted by Crippen LogP contribution is -2.31. The quantitative estimate of drug-likeness (QED) is 0.379. The number of hydrogen-bond acceptors (Lipinski definition) is 2. The smallest absolute Gasteiger partial charge is 0.252 e. The molecule has 0 aromatic heterocycles. The van der Waals surface area contributed by atoms with E-state index in [9.17, 15) is 4.79 Å². The van der Waals surface area contributed by atoms with Crippen molar-refractivity contribution in [3.63, 3.8) is 0 Å². The van der Waals surface area contributed by atoms with Crippen molar-refractivity contribution in [3.8, 4) is 0 Å². The van der Waals surface area contributed by atoms with Crippen LogP contribution in [0.4, 0.5) is 0 Å². The van der Waals surface area contributed by atoms with Gasteiger partial charge in [0.1, 0.15) is 0 Å². The van der Waals surface area contributed by atoms with Crippen LogP contribution in [0.1, 0.15) is 46.5 Å². The predicted molar refractivity (Wildman–Crippen MR) is 64.3 cm³/mol. The maximum Gasteiger partial charge on any atom is 0.252 e. The van der Waals surface area contributed by atoms with Crippen LogP contribution < -0.4 is 5.32 Å². The van der Waals surface area contributed by atoms with Crippen LogP contribution in [0.15, 0.2) is 11.6 Å². The third-order valence-electron chi connectivity index (χ3n) is 2.01. The van der Waals surface area contributed by atoms with Crippen molar-refractivity contribution in [2.45, 2.75) is 52.5 Å². The molecule has 2 N–H and O–H groups in total.